The molecule has 2 saturated heterocycles. The minimum Gasteiger partial charge on any atom is -0.362 e. The van der Waals surface area contributed by atoms with Gasteiger partial charge in [-0.15, -0.1) is 0 Å². The highest BCUT2D eigenvalue weighted by Gasteiger charge is 2.41. The van der Waals surface area contributed by atoms with Crippen LogP contribution in [0.3, 0.4) is 0 Å². The molecule has 2 bridgehead atoms. The quantitative estimate of drug-likeness (QED) is 0.592. The molecule has 1 aromatic heterocycles. The van der Waals surface area contributed by atoms with Crippen LogP contribution in [0.1, 0.15) is 31.2 Å². The Morgan fingerprint density at radius 3 is 2.71 bits per heavy atom. The minimum absolute atomic E-state index is 0.0540. The van der Waals surface area contributed by atoms with E-state index >= 15 is 0 Å². The molecule has 0 unspecified atom stereocenters. The molecular formula is C22H21F2N5O2. The van der Waals surface area contributed by atoms with E-state index in [4.69, 9.17) is 0 Å². The number of aromatic amines is 1. The van der Waals surface area contributed by atoms with E-state index in [1.807, 2.05) is 11.0 Å². The molecule has 9 heteroatoms. The van der Waals surface area contributed by atoms with Crippen LogP contribution in [0.5, 0.6) is 0 Å². The van der Waals surface area contributed by atoms with Crippen molar-refractivity contribution in [2.24, 2.45) is 0 Å². The fourth-order valence-electron chi connectivity index (χ4n) is 4.69. The maximum atomic E-state index is 14.9. The first kappa shape index (κ1) is 19.5. The molecule has 3 heterocycles. The fraction of sp³-hybridized carbons (Fsp3) is 0.318. The first-order valence-electron chi connectivity index (χ1n) is 10.2. The van der Waals surface area contributed by atoms with Crippen molar-refractivity contribution < 1.29 is 18.4 Å². The van der Waals surface area contributed by atoms with Gasteiger partial charge in [-0.25, -0.2) is 13.6 Å². The van der Waals surface area contributed by atoms with Gasteiger partial charge in [-0.1, -0.05) is 6.07 Å². The first-order valence-corrected chi connectivity index (χ1v) is 10.2. The van der Waals surface area contributed by atoms with Gasteiger partial charge in [0.15, 0.2) is 0 Å². The van der Waals surface area contributed by atoms with Crippen LogP contribution in [0.15, 0.2) is 36.5 Å². The molecule has 0 aliphatic carbocycles. The van der Waals surface area contributed by atoms with Gasteiger partial charge in [0.25, 0.3) is 0 Å². The van der Waals surface area contributed by atoms with Crippen LogP contribution in [0.25, 0.3) is 10.9 Å². The van der Waals surface area contributed by atoms with Crippen LogP contribution in [0, 0.1) is 11.6 Å². The van der Waals surface area contributed by atoms with Crippen molar-refractivity contribution in [3.63, 3.8) is 0 Å². The summed E-state index contributed by atoms with van der Waals surface area (Å²) < 4.78 is 29.6. The summed E-state index contributed by atoms with van der Waals surface area (Å²) in [6.45, 7) is -0.165. The lowest BCUT2D eigenvalue weighted by molar-refractivity contribution is -0.120. The highest BCUT2D eigenvalue weighted by molar-refractivity contribution is 6.00. The summed E-state index contributed by atoms with van der Waals surface area (Å²) in [7, 11) is 0. The molecule has 5 rings (SSSR count). The van der Waals surface area contributed by atoms with Gasteiger partial charge in [0.05, 0.1) is 23.1 Å². The van der Waals surface area contributed by atoms with Gasteiger partial charge in [0.1, 0.15) is 17.4 Å². The second kappa shape index (κ2) is 7.64. The summed E-state index contributed by atoms with van der Waals surface area (Å²) in [6, 6.07) is 6.95. The van der Waals surface area contributed by atoms with Gasteiger partial charge in [-0.05, 0) is 31.0 Å². The SMILES string of the molecule is O=C1C[C@H]2CC[C@@H](C1)N2c1cc(F)c(CNC(=O)Nc2cccc3[nH]ncc23)cc1F. The van der Waals surface area contributed by atoms with Crippen LogP contribution in [0.2, 0.25) is 0 Å². The molecule has 2 aliphatic heterocycles. The number of amides is 2. The van der Waals surface area contributed by atoms with Gasteiger partial charge < -0.3 is 15.5 Å². The van der Waals surface area contributed by atoms with Gasteiger partial charge in [-0.3, -0.25) is 9.89 Å². The Labute approximate surface area is 176 Å². The molecule has 2 amide bonds. The predicted octanol–water partition coefficient (Wildman–Crippen LogP) is 3.86. The number of benzene rings is 2. The van der Waals surface area contributed by atoms with E-state index in [0.717, 1.165) is 29.8 Å². The molecule has 2 aliphatic rings. The van der Waals surface area contributed by atoms with E-state index in [9.17, 15) is 18.4 Å². The molecule has 0 spiro atoms. The smallest absolute Gasteiger partial charge is 0.319 e. The summed E-state index contributed by atoms with van der Waals surface area (Å²) >= 11 is 0. The second-order valence-electron chi connectivity index (χ2n) is 8.08. The summed E-state index contributed by atoms with van der Waals surface area (Å²) in [5.74, 6) is -0.958. The van der Waals surface area contributed by atoms with Crippen molar-refractivity contribution in [3.8, 4) is 0 Å². The lowest BCUT2D eigenvalue weighted by atomic mass is 10.00. The van der Waals surface area contributed by atoms with Crippen molar-refractivity contribution >= 4 is 34.1 Å². The number of nitrogens with one attached hydrogen (secondary N) is 3. The topological polar surface area (TPSA) is 90.1 Å². The summed E-state index contributed by atoms with van der Waals surface area (Å²) in [5, 5.41) is 12.8. The fourth-order valence-corrected chi connectivity index (χ4v) is 4.69. The largest absolute Gasteiger partial charge is 0.362 e. The maximum absolute atomic E-state index is 14.9. The lowest BCUT2D eigenvalue weighted by Crippen LogP contribution is -2.43. The number of fused-ring (bicyclic) bond motifs is 3. The van der Waals surface area contributed by atoms with Crippen LogP contribution in [0.4, 0.5) is 25.0 Å². The lowest BCUT2D eigenvalue weighted by Gasteiger charge is -2.36. The molecule has 0 saturated carbocycles. The summed E-state index contributed by atoms with van der Waals surface area (Å²) in [4.78, 5) is 25.9. The number of urea groups is 1. The molecule has 2 aromatic carbocycles. The monoisotopic (exact) mass is 425 g/mol. The number of aromatic nitrogens is 2. The Kier molecular flexibility index (Phi) is 4.80. The number of anilines is 2. The van der Waals surface area contributed by atoms with Crippen molar-refractivity contribution in [2.75, 3.05) is 10.2 Å². The van der Waals surface area contributed by atoms with Crippen molar-refractivity contribution in [3.05, 3.63) is 53.7 Å². The predicted molar refractivity (Wildman–Crippen MR) is 112 cm³/mol. The number of carbonyl (C=O) groups excluding carboxylic acids is 2. The Morgan fingerprint density at radius 1 is 1.16 bits per heavy atom. The molecular weight excluding hydrogens is 404 g/mol. The van der Waals surface area contributed by atoms with E-state index in [-0.39, 0.29) is 35.7 Å². The maximum Gasteiger partial charge on any atom is 0.319 e. The van der Waals surface area contributed by atoms with Gasteiger partial charge in [0.2, 0.25) is 0 Å². The number of rotatable bonds is 4. The molecule has 7 nitrogen and oxygen atoms in total. The molecule has 0 radical (unpaired) electrons. The van der Waals surface area contributed by atoms with Gasteiger partial charge in [0, 0.05) is 48.5 Å². The zero-order chi connectivity index (χ0) is 21.5. The number of Topliss-reactive ketones (excluding diaryl/α,β-unsaturated/α-hetero) is 1. The van der Waals surface area contributed by atoms with Crippen LogP contribution in [-0.4, -0.2) is 34.1 Å². The Morgan fingerprint density at radius 2 is 1.94 bits per heavy atom. The van der Waals surface area contributed by atoms with E-state index < -0.39 is 17.7 Å². The third-order valence-corrected chi connectivity index (χ3v) is 6.11. The number of hydrogen-bond acceptors (Lipinski definition) is 4. The van der Waals surface area contributed by atoms with Gasteiger partial charge >= 0.3 is 6.03 Å². The standard InChI is InChI=1S/C22H21F2N5O2/c23-17-9-21(29-13-4-5-14(29)8-15(30)7-13)18(24)6-12(17)10-25-22(31)27-19-2-1-3-20-16(19)11-26-28-20/h1-3,6,9,11,13-14H,4-5,7-8,10H2,(H,26,28)(H2,25,27,31)/t13-,14+. The first-order chi connectivity index (χ1) is 15.0. The number of piperidine rings is 1. The summed E-state index contributed by atoms with van der Waals surface area (Å²) in [6.07, 6.45) is 3.98. The van der Waals surface area contributed by atoms with E-state index in [1.165, 1.54) is 6.07 Å². The average Bonchev–Trinajstić information content (AvgIpc) is 3.32. The zero-order valence-corrected chi connectivity index (χ0v) is 16.6. The average molecular weight is 425 g/mol. The van der Waals surface area contributed by atoms with Gasteiger partial charge in [-0.2, -0.15) is 5.10 Å². The number of carbonyl (C=O) groups is 2. The Hall–Kier alpha value is -3.49. The molecule has 160 valence electrons. The highest BCUT2D eigenvalue weighted by Crippen LogP contribution is 2.39. The molecule has 3 aromatic rings. The van der Waals surface area contributed by atoms with Crippen LogP contribution >= 0.6 is 0 Å². The Balaban J connectivity index is 1.28. The van der Waals surface area contributed by atoms with E-state index in [1.54, 1.807) is 18.3 Å². The highest BCUT2D eigenvalue weighted by atomic mass is 19.1. The number of H-pyrrole nitrogens is 1. The molecule has 2 fully saturated rings. The normalized spacial score (nSPS) is 20.3. The molecule has 31 heavy (non-hydrogen) atoms. The van der Waals surface area contributed by atoms with E-state index in [0.29, 0.717) is 18.5 Å². The molecule has 3 N–H and O–H groups in total. The van der Waals surface area contributed by atoms with Crippen LogP contribution < -0.4 is 15.5 Å². The second-order valence-corrected chi connectivity index (χ2v) is 8.08. The number of ketones is 1. The summed E-state index contributed by atoms with van der Waals surface area (Å²) in [5.41, 5.74) is 1.58. The minimum atomic E-state index is -0.593. The third-order valence-electron chi connectivity index (χ3n) is 6.11. The molecule has 2 atom stereocenters. The van der Waals surface area contributed by atoms with E-state index in [2.05, 4.69) is 20.8 Å². The Bertz CT molecular complexity index is 1160. The third kappa shape index (κ3) is 3.60. The number of hydrogen-bond donors (Lipinski definition) is 3. The zero-order valence-electron chi connectivity index (χ0n) is 16.6. The van der Waals surface area contributed by atoms with Crippen LogP contribution in [-0.2, 0) is 11.3 Å². The number of nitrogens with zero attached hydrogens (tertiary/aromatic N) is 2. The van der Waals surface area contributed by atoms with Crippen molar-refractivity contribution in [1.29, 1.82) is 0 Å². The van der Waals surface area contributed by atoms with Crippen molar-refractivity contribution in [1.82, 2.24) is 15.5 Å². The van der Waals surface area contributed by atoms with Crippen molar-refractivity contribution in [2.45, 2.75) is 44.3 Å². The number of halogens is 2.